The molecule has 0 heterocycles. The van der Waals surface area contributed by atoms with Gasteiger partial charge in [0.05, 0.1) is 0 Å². The third-order valence-electron chi connectivity index (χ3n) is 6.99. The van der Waals surface area contributed by atoms with Crippen LogP contribution in [-0.2, 0) is 12.8 Å². The van der Waals surface area contributed by atoms with Crippen molar-refractivity contribution in [1.82, 2.24) is 0 Å². The molecule has 2 nitrogen and oxygen atoms in total. The Hall–Kier alpha value is -3.52. The normalized spacial score (nSPS) is 11.4. The van der Waals surface area contributed by atoms with E-state index in [0.29, 0.717) is 11.5 Å². The van der Waals surface area contributed by atoms with Gasteiger partial charge in [-0.1, -0.05) is 100 Å². The van der Waals surface area contributed by atoms with Gasteiger partial charge in [-0.3, -0.25) is 0 Å². The molecule has 0 saturated heterocycles. The zero-order valence-corrected chi connectivity index (χ0v) is 22.0. The van der Waals surface area contributed by atoms with Crippen LogP contribution in [0, 0.1) is 0 Å². The molecule has 0 aliphatic carbocycles. The quantitative estimate of drug-likeness (QED) is 0.235. The molecular weight excluding hydrogens is 440 g/mol. The fourth-order valence-electron chi connectivity index (χ4n) is 4.94. The van der Waals surface area contributed by atoms with Crippen LogP contribution >= 0.6 is 0 Å². The highest BCUT2D eigenvalue weighted by atomic mass is 16.3. The summed E-state index contributed by atoms with van der Waals surface area (Å²) >= 11 is 0. The van der Waals surface area contributed by atoms with Crippen molar-refractivity contribution < 1.29 is 10.2 Å². The molecule has 4 rings (SSSR count). The van der Waals surface area contributed by atoms with Gasteiger partial charge >= 0.3 is 0 Å². The summed E-state index contributed by atoms with van der Waals surface area (Å²) in [5.41, 5.74) is 8.52. The first-order valence-electron chi connectivity index (χ1n) is 13.2. The number of phenolic OH excluding ortho intramolecular Hbond substituents is 2. The summed E-state index contributed by atoms with van der Waals surface area (Å²) in [6.45, 7) is 8.54. The van der Waals surface area contributed by atoms with Crippen molar-refractivity contribution in [2.45, 2.75) is 65.2 Å². The summed E-state index contributed by atoms with van der Waals surface area (Å²) in [5, 5.41) is 21.9. The van der Waals surface area contributed by atoms with Gasteiger partial charge in [0.2, 0.25) is 0 Å². The summed E-state index contributed by atoms with van der Waals surface area (Å²) in [5.74, 6) is 1.32. The predicted molar refractivity (Wildman–Crippen MR) is 152 cm³/mol. The molecule has 0 aromatic heterocycles. The lowest BCUT2D eigenvalue weighted by Crippen LogP contribution is -1.97. The third-order valence-corrected chi connectivity index (χ3v) is 6.99. The first-order chi connectivity index (χ1) is 17.3. The maximum absolute atomic E-state index is 11.0. The minimum Gasteiger partial charge on any atom is -0.507 e. The first-order valence-corrected chi connectivity index (χ1v) is 13.2. The minimum atomic E-state index is 0.260. The van der Waals surface area contributed by atoms with Gasteiger partial charge in [-0.15, -0.1) is 0 Å². The standard InChI is InChI=1S/C34H38O2/c1-23(2)29-19-25(21-31(33(29)35)27-15-7-5-8-16-27)13-11-12-14-26-20-30(24(3)4)34(36)32(22-26)28-17-9-6-10-18-28/h5-10,15-24,35-36H,11-14H2,1-4H3. The molecular formula is C34H38O2. The lowest BCUT2D eigenvalue weighted by atomic mass is 9.90. The maximum atomic E-state index is 11.0. The van der Waals surface area contributed by atoms with E-state index >= 15 is 0 Å². The Labute approximate surface area is 216 Å². The van der Waals surface area contributed by atoms with Gasteiger partial charge < -0.3 is 10.2 Å². The summed E-state index contributed by atoms with van der Waals surface area (Å²) < 4.78 is 0. The molecule has 0 aliphatic heterocycles. The number of benzene rings is 4. The molecule has 36 heavy (non-hydrogen) atoms. The van der Waals surface area contributed by atoms with Gasteiger partial charge in [0.1, 0.15) is 11.5 Å². The Morgan fingerprint density at radius 1 is 0.528 bits per heavy atom. The average Bonchev–Trinajstić information content (AvgIpc) is 2.88. The SMILES string of the molecule is CC(C)c1cc(CCCCc2cc(-c3ccccc3)c(O)c(C(C)C)c2)cc(-c2ccccc2)c1O. The van der Waals surface area contributed by atoms with Crippen LogP contribution in [0.4, 0.5) is 0 Å². The number of hydrogen-bond donors (Lipinski definition) is 2. The molecule has 0 saturated carbocycles. The highest BCUT2D eigenvalue weighted by Gasteiger charge is 2.16. The zero-order chi connectivity index (χ0) is 25.7. The Morgan fingerprint density at radius 2 is 0.889 bits per heavy atom. The highest BCUT2D eigenvalue weighted by Crippen LogP contribution is 2.39. The monoisotopic (exact) mass is 478 g/mol. The van der Waals surface area contributed by atoms with Gasteiger partial charge in [0, 0.05) is 11.1 Å². The molecule has 186 valence electrons. The van der Waals surface area contributed by atoms with E-state index in [1.165, 1.54) is 11.1 Å². The van der Waals surface area contributed by atoms with Crippen LogP contribution in [0.2, 0.25) is 0 Å². The summed E-state index contributed by atoms with van der Waals surface area (Å²) in [6.07, 6.45) is 4.07. The number of unbranched alkanes of at least 4 members (excludes halogenated alkanes) is 1. The number of rotatable bonds is 9. The second-order valence-electron chi connectivity index (χ2n) is 10.4. The molecule has 0 aliphatic rings. The Kier molecular flexibility index (Phi) is 8.15. The van der Waals surface area contributed by atoms with Crippen LogP contribution in [0.25, 0.3) is 22.3 Å². The van der Waals surface area contributed by atoms with E-state index in [1.807, 2.05) is 36.4 Å². The predicted octanol–water partition coefficient (Wildman–Crippen LogP) is 9.24. The topological polar surface area (TPSA) is 40.5 Å². The molecule has 4 aromatic rings. The molecule has 0 atom stereocenters. The van der Waals surface area contributed by atoms with Crippen molar-refractivity contribution in [1.29, 1.82) is 0 Å². The van der Waals surface area contributed by atoms with Crippen molar-refractivity contribution in [3.63, 3.8) is 0 Å². The van der Waals surface area contributed by atoms with Gasteiger partial charge in [0.25, 0.3) is 0 Å². The molecule has 0 radical (unpaired) electrons. The van der Waals surface area contributed by atoms with Crippen LogP contribution in [0.15, 0.2) is 84.9 Å². The van der Waals surface area contributed by atoms with Gasteiger partial charge in [-0.25, -0.2) is 0 Å². The van der Waals surface area contributed by atoms with E-state index in [1.54, 1.807) is 0 Å². The molecule has 0 spiro atoms. The molecule has 0 amide bonds. The lowest BCUT2D eigenvalue weighted by Gasteiger charge is -2.17. The summed E-state index contributed by atoms with van der Waals surface area (Å²) in [4.78, 5) is 0. The molecule has 0 bridgehead atoms. The lowest BCUT2D eigenvalue weighted by molar-refractivity contribution is 0.466. The molecule has 2 N–H and O–H groups in total. The number of phenols is 2. The average molecular weight is 479 g/mol. The molecule has 2 heteroatoms. The van der Waals surface area contributed by atoms with Gasteiger partial charge in [-0.05, 0) is 83.0 Å². The zero-order valence-electron chi connectivity index (χ0n) is 22.0. The highest BCUT2D eigenvalue weighted by molar-refractivity contribution is 5.74. The smallest absolute Gasteiger partial charge is 0.126 e. The number of aryl methyl sites for hydroxylation is 2. The van der Waals surface area contributed by atoms with E-state index < -0.39 is 0 Å². The van der Waals surface area contributed by atoms with Crippen molar-refractivity contribution in [3.05, 3.63) is 107 Å². The van der Waals surface area contributed by atoms with Crippen LogP contribution in [-0.4, -0.2) is 10.2 Å². The van der Waals surface area contributed by atoms with E-state index in [9.17, 15) is 10.2 Å². The van der Waals surface area contributed by atoms with Gasteiger partial charge in [-0.2, -0.15) is 0 Å². The largest absolute Gasteiger partial charge is 0.507 e. The third kappa shape index (κ3) is 5.82. The fraction of sp³-hybridized carbons (Fsp3) is 0.294. The van der Waals surface area contributed by atoms with Crippen molar-refractivity contribution >= 4 is 0 Å². The van der Waals surface area contributed by atoms with E-state index in [0.717, 1.165) is 59.1 Å². The first kappa shape index (κ1) is 25.6. The van der Waals surface area contributed by atoms with Crippen LogP contribution < -0.4 is 0 Å². The summed E-state index contributed by atoms with van der Waals surface area (Å²) in [7, 11) is 0. The number of aromatic hydroxyl groups is 2. The minimum absolute atomic E-state index is 0.260. The Bertz CT molecular complexity index is 1190. The summed E-state index contributed by atoms with van der Waals surface area (Å²) in [6, 6.07) is 29.0. The van der Waals surface area contributed by atoms with E-state index in [2.05, 4.69) is 76.2 Å². The van der Waals surface area contributed by atoms with Gasteiger partial charge in [0.15, 0.2) is 0 Å². The van der Waals surface area contributed by atoms with Crippen molar-refractivity contribution in [3.8, 4) is 33.8 Å². The second kappa shape index (κ2) is 11.5. The number of hydrogen-bond acceptors (Lipinski definition) is 2. The van der Waals surface area contributed by atoms with Crippen LogP contribution in [0.5, 0.6) is 11.5 Å². The second-order valence-corrected chi connectivity index (χ2v) is 10.4. The molecule has 0 unspecified atom stereocenters. The van der Waals surface area contributed by atoms with Crippen molar-refractivity contribution in [2.75, 3.05) is 0 Å². The maximum Gasteiger partial charge on any atom is 0.126 e. The fourth-order valence-corrected chi connectivity index (χ4v) is 4.94. The van der Waals surface area contributed by atoms with E-state index in [4.69, 9.17) is 0 Å². The van der Waals surface area contributed by atoms with E-state index in [-0.39, 0.29) is 11.8 Å². The molecule has 4 aromatic carbocycles. The van der Waals surface area contributed by atoms with Crippen molar-refractivity contribution in [2.24, 2.45) is 0 Å². The van der Waals surface area contributed by atoms with Crippen LogP contribution in [0.3, 0.4) is 0 Å². The molecule has 0 fully saturated rings. The Morgan fingerprint density at radius 3 is 1.22 bits per heavy atom. The van der Waals surface area contributed by atoms with Crippen LogP contribution in [0.1, 0.15) is 74.6 Å². The Balaban J connectivity index is 1.52.